The lowest BCUT2D eigenvalue weighted by atomic mass is 10.0. The normalized spacial score (nSPS) is 18.3. The molecule has 1 amide bonds. The van der Waals surface area contributed by atoms with Crippen molar-refractivity contribution < 1.29 is 4.79 Å². The number of nitrogens with one attached hydrogen (secondary N) is 1. The van der Waals surface area contributed by atoms with E-state index in [0.29, 0.717) is 12.5 Å². The van der Waals surface area contributed by atoms with Gasteiger partial charge in [-0.3, -0.25) is 14.6 Å². The number of carbonyl (C=O) groups is 1. The number of nitriles is 1. The van der Waals surface area contributed by atoms with Gasteiger partial charge < -0.3 is 5.32 Å². The molecule has 0 spiro atoms. The topological polar surface area (TPSA) is 59.4 Å². The third-order valence-corrected chi connectivity index (χ3v) is 3.51. The zero-order chi connectivity index (χ0) is 14.5. The summed E-state index contributed by atoms with van der Waals surface area (Å²) in [5.74, 6) is 0.582. The van der Waals surface area contributed by atoms with Crippen LogP contribution in [0.3, 0.4) is 0 Å². The average Bonchev–Trinajstić information content (AvgIpc) is 2.37. The molecule has 0 radical (unpaired) electrons. The molecule has 0 aromatic heterocycles. The summed E-state index contributed by atoms with van der Waals surface area (Å²) in [6, 6.07) is 2.33. The van der Waals surface area contributed by atoms with Gasteiger partial charge in [-0.1, -0.05) is 13.8 Å². The maximum absolute atomic E-state index is 11.7. The van der Waals surface area contributed by atoms with Crippen molar-refractivity contribution in [2.45, 2.75) is 33.2 Å². The molecule has 0 aromatic rings. The fourth-order valence-corrected chi connectivity index (χ4v) is 2.11. The molecule has 1 N–H and O–H groups in total. The lowest BCUT2D eigenvalue weighted by molar-refractivity contribution is -0.122. The first kappa shape index (κ1) is 15.9. The molecule has 108 valence electrons. The van der Waals surface area contributed by atoms with Gasteiger partial charge >= 0.3 is 0 Å². The monoisotopic (exact) mass is 266 g/mol. The van der Waals surface area contributed by atoms with Gasteiger partial charge in [0.05, 0.1) is 12.6 Å². The van der Waals surface area contributed by atoms with E-state index in [1.807, 2.05) is 13.8 Å². The van der Waals surface area contributed by atoms with Gasteiger partial charge in [-0.15, -0.1) is 0 Å². The molecule has 0 bridgehead atoms. The Hall–Kier alpha value is -1.12. The van der Waals surface area contributed by atoms with Gasteiger partial charge in [0, 0.05) is 32.7 Å². The highest BCUT2D eigenvalue weighted by molar-refractivity contribution is 5.78. The van der Waals surface area contributed by atoms with E-state index >= 15 is 0 Å². The maximum atomic E-state index is 11.7. The second kappa shape index (κ2) is 6.88. The minimum Gasteiger partial charge on any atom is -0.355 e. The van der Waals surface area contributed by atoms with Gasteiger partial charge in [0.25, 0.3) is 0 Å². The number of amides is 1. The molecule has 1 aliphatic heterocycles. The third kappa shape index (κ3) is 5.17. The van der Waals surface area contributed by atoms with Crippen molar-refractivity contribution in [3.05, 3.63) is 0 Å². The highest BCUT2D eigenvalue weighted by atomic mass is 16.2. The summed E-state index contributed by atoms with van der Waals surface area (Å²) < 4.78 is 0. The molecule has 0 saturated carbocycles. The summed E-state index contributed by atoms with van der Waals surface area (Å²) in [6.45, 7) is 12.6. The number of nitrogens with zero attached hydrogens (tertiary/aromatic N) is 3. The second-order valence-corrected chi connectivity index (χ2v) is 6.13. The molecule has 5 nitrogen and oxygen atoms in total. The number of carbonyl (C=O) groups excluding carboxylic acids is 1. The summed E-state index contributed by atoms with van der Waals surface area (Å²) in [6.07, 6.45) is 0. The first-order valence-corrected chi connectivity index (χ1v) is 7.00. The molecule has 1 aliphatic rings. The van der Waals surface area contributed by atoms with Crippen LogP contribution >= 0.6 is 0 Å². The molecule has 0 aromatic carbocycles. The molecule has 1 fully saturated rings. The van der Waals surface area contributed by atoms with E-state index in [4.69, 9.17) is 5.26 Å². The van der Waals surface area contributed by atoms with Gasteiger partial charge in [-0.25, -0.2) is 0 Å². The van der Waals surface area contributed by atoms with E-state index in [0.717, 1.165) is 32.7 Å². The zero-order valence-electron chi connectivity index (χ0n) is 12.6. The van der Waals surface area contributed by atoms with Crippen LogP contribution in [-0.2, 0) is 4.79 Å². The van der Waals surface area contributed by atoms with Gasteiger partial charge in [-0.2, -0.15) is 5.26 Å². The van der Waals surface area contributed by atoms with E-state index in [1.54, 1.807) is 0 Å². The largest absolute Gasteiger partial charge is 0.355 e. The van der Waals surface area contributed by atoms with Crippen molar-refractivity contribution >= 4 is 5.91 Å². The van der Waals surface area contributed by atoms with Crippen LogP contribution in [0.2, 0.25) is 0 Å². The van der Waals surface area contributed by atoms with E-state index in [9.17, 15) is 4.79 Å². The number of hydrogen-bond acceptors (Lipinski definition) is 4. The van der Waals surface area contributed by atoms with Crippen molar-refractivity contribution in [1.29, 1.82) is 5.26 Å². The first-order chi connectivity index (χ1) is 8.85. The van der Waals surface area contributed by atoms with Crippen molar-refractivity contribution in [3.8, 4) is 6.07 Å². The Balaban J connectivity index is 2.31. The summed E-state index contributed by atoms with van der Waals surface area (Å²) in [5, 5.41) is 12.0. The quantitative estimate of drug-likeness (QED) is 0.795. The molecule has 19 heavy (non-hydrogen) atoms. The zero-order valence-corrected chi connectivity index (χ0v) is 12.6. The van der Waals surface area contributed by atoms with E-state index < -0.39 is 5.54 Å². The molecule has 1 heterocycles. The summed E-state index contributed by atoms with van der Waals surface area (Å²) in [4.78, 5) is 16.1. The first-order valence-electron chi connectivity index (χ1n) is 7.00. The van der Waals surface area contributed by atoms with Crippen LogP contribution in [0.1, 0.15) is 27.7 Å². The molecular formula is C14H26N4O. The van der Waals surface area contributed by atoms with Crippen molar-refractivity contribution in [2.75, 3.05) is 39.3 Å². The van der Waals surface area contributed by atoms with E-state index in [2.05, 4.69) is 35.0 Å². The van der Waals surface area contributed by atoms with E-state index in [-0.39, 0.29) is 5.91 Å². The van der Waals surface area contributed by atoms with Gasteiger partial charge in [0.2, 0.25) is 5.91 Å². The fourth-order valence-electron chi connectivity index (χ4n) is 2.11. The minimum atomic E-state index is -0.411. The van der Waals surface area contributed by atoms with E-state index in [1.165, 1.54) is 0 Å². The highest BCUT2D eigenvalue weighted by Crippen LogP contribution is 2.15. The standard InChI is InChI=1S/C14H26N4O/c1-12(2)9-16-13(19)10-17-5-7-18(8-6-17)14(3,4)11-15/h12H,5-10H2,1-4H3,(H,16,19). The van der Waals surface area contributed by atoms with Crippen LogP contribution in [-0.4, -0.2) is 60.5 Å². The lowest BCUT2D eigenvalue weighted by Crippen LogP contribution is -2.55. The Kier molecular flexibility index (Phi) is 5.77. The van der Waals surface area contributed by atoms with Crippen LogP contribution in [0.25, 0.3) is 0 Å². The van der Waals surface area contributed by atoms with Crippen molar-refractivity contribution in [3.63, 3.8) is 0 Å². The third-order valence-electron chi connectivity index (χ3n) is 3.51. The van der Waals surface area contributed by atoms with Crippen LogP contribution < -0.4 is 5.32 Å². The predicted octanol–water partition coefficient (Wildman–Crippen LogP) is 0.678. The number of hydrogen-bond donors (Lipinski definition) is 1. The summed E-state index contributed by atoms with van der Waals surface area (Å²) >= 11 is 0. The molecular weight excluding hydrogens is 240 g/mol. The summed E-state index contributed by atoms with van der Waals surface area (Å²) in [7, 11) is 0. The Morgan fingerprint density at radius 1 is 1.32 bits per heavy atom. The second-order valence-electron chi connectivity index (χ2n) is 6.13. The van der Waals surface area contributed by atoms with Gasteiger partial charge in [0.15, 0.2) is 0 Å². The molecule has 0 aliphatic carbocycles. The maximum Gasteiger partial charge on any atom is 0.234 e. The summed E-state index contributed by atoms with van der Waals surface area (Å²) in [5.41, 5.74) is -0.411. The molecule has 0 atom stereocenters. The average molecular weight is 266 g/mol. The molecule has 1 saturated heterocycles. The predicted molar refractivity (Wildman–Crippen MR) is 75.6 cm³/mol. The SMILES string of the molecule is CC(C)CNC(=O)CN1CCN(C(C)(C)C#N)CC1. The van der Waals surface area contributed by atoms with Crippen molar-refractivity contribution in [1.82, 2.24) is 15.1 Å². The molecule has 1 rings (SSSR count). The minimum absolute atomic E-state index is 0.0988. The Bertz CT molecular complexity index is 338. The van der Waals surface area contributed by atoms with Gasteiger partial charge in [0.1, 0.15) is 5.54 Å². The smallest absolute Gasteiger partial charge is 0.234 e. The van der Waals surface area contributed by atoms with Crippen LogP contribution in [0.4, 0.5) is 0 Å². The number of rotatable bonds is 5. The van der Waals surface area contributed by atoms with Crippen LogP contribution in [0, 0.1) is 17.2 Å². The molecule has 0 unspecified atom stereocenters. The number of piperazine rings is 1. The molecule has 5 heteroatoms. The van der Waals surface area contributed by atoms with Gasteiger partial charge in [-0.05, 0) is 19.8 Å². The Labute approximate surface area is 116 Å². The Morgan fingerprint density at radius 2 is 1.89 bits per heavy atom. The Morgan fingerprint density at radius 3 is 2.37 bits per heavy atom. The highest BCUT2D eigenvalue weighted by Gasteiger charge is 2.30. The lowest BCUT2D eigenvalue weighted by Gasteiger charge is -2.40. The van der Waals surface area contributed by atoms with Crippen LogP contribution in [0.15, 0.2) is 0 Å². The van der Waals surface area contributed by atoms with Crippen LogP contribution in [0.5, 0.6) is 0 Å². The fraction of sp³-hybridized carbons (Fsp3) is 0.857. The van der Waals surface area contributed by atoms with Crippen molar-refractivity contribution in [2.24, 2.45) is 5.92 Å².